The Labute approximate surface area is 220 Å². The van der Waals surface area contributed by atoms with E-state index >= 15 is 0 Å². The number of anilines is 1. The highest BCUT2D eigenvalue weighted by atomic mass is 32.2. The molecule has 0 fully saturated rings. The first-order valence-electron chi connectivity index (χ1n) is 12.3. The van der Waals surface area contributed by atoms with E-state index in [0.717, 1.165) is 26.6 Å². The van der Waals surface area contributed by atoms with Gasteiger partial charge < -0.3 is 10.2 Å². The normalized spacial score (nSPS) is 12.0. The molecule has 0 radical (unpaired) electrons. The van der Waals surface area contributed by atoms with E-state index in [9.17, 15) is 18.0 Å². The maximum Gasteiger partial charge on any atom is 0.264 e. The van der Waals surface area contributed by atoms with Crippen LogP contribution in [0, 0.1) is 20.8 Å². The highest BCUT2D eigenvalue weighted by molar-refractivity contribution is 7.92. The van der Waals surface area contributed by atoms with Crippen molar-refractivity contribution < 1.29 is 18.0 Å². The number of hydrogen-bond donors (Lipinski definition) is 1. The van der Waals surface area contributed by atoms with E-state index in [1.165, 1.54) is 4.90 Å². The van der Waals surface area contributed by atoms with Crippen molar-refractivity contribution in [3.63, 3.8) is 0 Å². The first-order valence-corrected chi connectivity index (χ1v) is 13.8. The lowest BCUT2D eigenvalue weighted by atomic mass is 10.1. The van der Waals surface area contributed by atoms with Crippen LogP contribution in [0.5, 0.6) is 0 Å². The van der Waals surface area contributed by atoms with Gasteiger partial charge >= 0.3 is 0 Å². The van der Waals surface area contributed by atoms with E-state index in [2.05, 4.69) is 5.32 Å². The molecule has 0 heterocycles. The molecule has 3 aromatic carbocycles. The zero-order valence-electron chi connectivity index (χ0n) is 22.1. The second kappa shape index (κ2) is 12.1. The second-order valence-corrected chi connectivity index (χ2v) is 11.1. The molecule has 8 heteroatoms. The van der Waals surface area contributed by atoms with Crippen molar-refractivity contribution in [3.8, 4) is 0 Å². The van der Waals surface area contributed by atoms with E-state index in [0.29, 0.717) is 12.2 Å². The molecule has 0 aliphatic carbocycles. The first kappa shape index (κ1) is 27.9. The van der Waals surface area contributed by atoms with E-state index in [1.807, 2.05) is 58.0 Å². The summed E-state index contributed by atoms with van der Waals surface area (Å²) < 4.78 is 28.7. The summed E-state index contributed by atoms with van der Waals surface area (Å²) in [5.41, 5.74) is 4.06. The molecule has 3 rings (SSSR count). The number of nitrogens with zero attached hydrogens (tertiary/aromatic N) is 2. The maximum atomic E-state index is 13.8. The molecule has 1 N–H and O–H groups in total. The minimum absolute atomic E-state index is 0.0921. The number of rotatable bonds is 10. The molecular weight excluding hydrogens is 486 g/mol. The Morgan fingerprint density at radius 1 is 0.865 bits per heavy atom. The average molecular weight is 522 g/mol. The molecule has 3 aromatic rings. The smallest absolute Gasteiger partial charge is 0.264 e. The summed E-state index contributed by atoms with van der Waals surface area (Å²) in [6.07, 6.45) is 0. The van der Waals surface area contributed by atoms with Gasteiger partial charge in [0.1, 0.15) is 12.6 Å². The number of hydrogen-bond acceptors (Lipinski definition) is 4. The molecule has 0 bridgehead atoms. The third-order valence-corrected chi connectivity index (χ3v) is 7.92. The van der Waals surface area contributed by atoms with Gasteiger partial charge in [-0.1, -0.05) is 59.7 Å². The SMILES string of the molecule is CCNC(=O)[C@@H](C)N(Cc1cccc(C)c1)C(=O)CN(c1cccc(C)c1)S(=O)(=O)c1ccc(C)cc1. The number of sulfonamides is 1. The Balaban J connectivity index is 2.03. The molecular formula is C29H35N3O4S. The molecule has 0 saturated heterocycles. The monoisotopic (exact) mass is 521 g/mol. The Morgan fingerprint density at radius 3 is 2.08 bits per heavy atom. The molecule has 196 valence electrons. The summed E-state index contributed by atoms with van der Waals surface area (Å²) in [5.74, 6) is -0.774. The van der Waals surface area contributed by atoms with Gasteiger partial charge in [-0.3, -0.25) is 13.9 Å². The van der Waals surface area contributed by atoms with Crippen molar-refractivity contribution in [1.82, 2.24) is 10.2 Å². The second-order valence-electron chi connectivity index (χ2n) is 9.24. The van der Waals surface area contributed by atoms with Crippen molar-refractivity contribution in [1.29, 1.82) is 0 Å². The van der Waals surface area contributed by atoms with E-state index in [4.69, 9.17) is 0 Å². The van der Waals surface area contributed by atoms with Crippen LogP contribution < -0.4 is 9.62 Å². The van der Waals surface area contributed by atoms with Gasteiger partial charge in [0.05, 0.1) is 10.6 Å². The Kier molecular flexibility index (Phi) is 9.10. The maximum absolute atomic E-state index is 13.8. The van der Waals surface area contributed by atoms with E-state index in [-0.39, 0.29) is 17.3 Å². The minimum Gasteiger partial charge on any atom is -0.355 e. The van der Waals surface area contributed by atoms with Crippen molar-refractivity contribution in [3.05, 3.63) is 95.1 Å². The highest BCUT2D eigenvalue weighted by Crippen LogP contribution is 2.25. The van der Waals surface area contributed by atoms with Gasteiger partial charge in [0, 0.05) is 13.1 Å². The van der Waals surface area contributed by atoms with Gasteiger partial charge in [0.15, 0.2) is 0 Å². The van der Waals surface area contributed by atoms with Crippen LogP contribution in [0.2, 0.25) is 0 Å². The zero-order valence-corrected chi connectivity index (χ0v) is 22.9. The largest absolute Gasteiger partial charge is 0.355 e. The van der Waals surface area contributed by atoms with Crippen LogP contribution in [0.25, 0.3) is 0 Å². The predicted octanol–water partition coefficient (Wildman–Crippen LogP) is 4.36. The highest BCUT2D eigenvalue weighted by Gasteiger charge is 2.32. The topological polar surface area (TPSA) is 86.8 Å². The molecule has 37 heavy (non-hydrogen) atoms. The van der Waals surface area contributed by atoms with Crippen LogP contribution in [0.15, 0.2) is 77.7 Å². The van der Waals surface area contributed by atoms with Gasteiger partial charge in [-0.2, -0.15) is 0 Å². The number of amides is 2. The lowest BCUT2D eigenvalue weighted by Gasteiger charge is -2.32. The summed E-state index contributed by atoms with van der Waals surface area (Å²) >= 11 is 0. The Bertz CT molecular complexity index is 1350. The van der Waals surface area contributed by atoms with Gasteiger partial charge in [-0.25, -0.2) is 8.42 Å². The van der Waals surface area contributed by atoms with Crippen molar-refractivity contribution in [2.45, 2.75) is 52.1 Å². The fraction of sp³-hybridized carbons (Fsp3) is 0.310. The van der Waals surface area contributed by atoms with E-state index < -0.39 is 28.5 Å². The summed E-state index contributed by atoms with van der Waals surface area (Å²) in [6.45, 7) is 9.31. The molecule has 2 amide bonds. The van der Waals surface area contributed by atoms with Crippen LogP contribution in [0.4, 0.5) is 5.69 Å². The first-order chi connectivity index (χ1) is 17.5. The Hall–Kier alpha value is -3.65. The fourth-order valence-corrected chi connectivity index (χ4v) is 5.47. The average Bonchev–Trinajstić information content (AvgIpc) is 2.85. The zero-order chi connectivity index (χ0) is 27.2. The summed E-state index contributed by atoms with van der Waals surface area (Å²) in [6, 6.07) is 20.5. The number of carbonyl (C=O) groups is 2. The van der Waals surface area contributed by atoms with Crippen LogP contribution in [0.3, 0.4) is 0 Å². The number of likely N-dealkylation sites (N-methyl/N-ethyl adjacent to an activating group) is 1. The van der Waals surface area contributed by atoms with Crippen molar-refractivity contribution in [2.75, 3.05) is 17.4 Å². The van der Waals surface area contributed by atoms with Gasteiger partial charge in [0.2, 0.25) is 11.8 Å². The molecule has 0 saturated carbocycles. The summed E-state index contributed by atoms with van der Waals surface area (Å²) in [5, 5.41) is 2.77. The molecule has 0 aromatic heterocycles. The van der Waals surface area contributed by atoms with Crippen LogP contribution in [-0.2, 0) is 26.2 Å². The molecule has 0 aliphatic rings. The summed E-state index contributed by atoms with van der Waals surface area (Å²) in [4.78, 5) is 28.1. The Morgan fingerprint density at radius 2 is 1.49 bits per heavy atom. The van der Waals surface area contributed by atoms with Crippen LogP contribution in [-0.4, -0.2) is 44.3 Å². The fourth-order valence-electron chi connectivity index (χ4n) is 4.06. The van der Waals surface area contributed by atoms with Gasteiger partial charge in [-0.05, 0) is 70.0 Å². The molecule has 7 nitrogen and oxygen atoms in total. The van der Waals surface area contributed by atoms with Crippen LogP contribution in [0.1, 0.15) is 36.1 Å². The molecule has 0 spiro atoms. The number of nitrogens with one attached hydrogen (secondary N) is 1. The lowest BCUT2D eigenvalue weighted by Crippen LogP contribution is -2.51. The number of carbonyl (C=O) groups excluding carboxylic acids is 2. The van der Waals surface area contributed by atoms with Gasteiger partial charge in [-0.15, -0.1) is 0 Å². The third-order valence-electron chi connectivity index (χ3n) is 6.13. The molecule has 0 unspecified atom stereocenters. The molecule has 0 aliphatic heterocycles. The van der Waals surface area contributed by atoms with Gasteiger partial charge in [0.25, 0.3) is 10.0 Å². The minimum atomic E-state index is -4.07. The third kappa shape index (κ3) is 6.98. The lowest BCUT2D eigenvalue weighted by molar-refractivity contribution is -0.139. The number of benzene rings is 3. The quantitative estimate of drug-likeness (QED) is 0.430. The standard InChI is InChI=1S/C29H35N3O4S/c1-6-30-29(34)24(5)31(19-25-11-7-9-22(3)17-25)28(33)20-32(26-12-8-10-23(4)18-26)37(35,36)27-15-13-21(2)14-16-27/h7-18,24H,6,19-20H2,1-5H3,(H,30,34)/t24-/m1/s1. The predicted molar refractivity (Wildman–Crippen MR) is 147 cm³/mol. The summed E-state index contributed by atoms with van der Waals surface area (Å²) in [7, 11) is -4.07. The molecule has 1 atom stereocenters. The van der Waals surface area contributed by atoms with Crippen LogP contribution >= 0.6 is 0 Å². The number of aryl methyl sites for hydroxylation is 3. The van der Waals surface area contributed by atoms with E-state index in [1.54, 1.807) is 49.4 Å². The van der Waals surface area contributed by atoms with Crippen molar-refractivity contribution >= 4 is 27.5 Å². The van der Waals surface area contributed by atoms with Crippen molar-refractivity contribution in [2.24, 2.45) is 0 Å².